The van der Waals surface area contributed by atoms with Gasteiger partial charge in [0, 0.05) is 30.8 Å². The highest BCUT2D eigenvalue weighted by molar-refractivity contribution is 7.87. The molecule has 0 bridgehead atoms. The minimum Gasteiger partial charge on any atom is -0.396 e. The van der Waals surface area contributed by atoms with Gasteiger partial charge in [-0.2, -0.15) is 0 Å². The number of benzene rings is 1. The van der Waals surface area contributed by atoms with E-state index < -0.39 is 10.8 Å². The van der Waals surface area contributed by atoms with Crippen LogP contribution in [0.3, 0.4) is 0 Å². The summed E-state index contributed by atoms with van der Waals surface area (Å²) in [4.78, 5) is 14.6. The lowest BCUT2D eigenvalue weighted by Gasteiger charge is -2.07. The van der Waals surface area contributed by atoms with E-state index in [1.807, 2.05) is 48.1 Å². The van der Waals surface area contributed by atoms with Crippen LogP contribution in [0.15, 0.2) is 131 Å². The number of anilines is 1. The third-order valence-corrected chi connectivity index (χ3v) is 8.11. The molecular formula is C34H29N5OS2. The standard InChI is InChI=1S/C20H21N5OS2.2C7H4/c1-3-4-12-28(26)20-15(21)14-16(13-8-6-5-7-9-13)23-17(24-19(14)27-20)18-22-10-11-25(18)2;2*1-3-5-7-6-4-2/h5-11H,3-4,12,21H2,1-2H3;2*1-2H2. The quantitative estimate of drug-likeness (QED) is 0.238. The van der Waals surface area contributed by atoms with Crippen molar-refractivity contribution >= 4 is 38.0 Å². The van der Waals surface area contributed by atoms with Crippen molar-refractivity contribution in [3.8, 4) is 22.9 Å². The van der Waals surface area contributed by atoms with E-state index in [0.717, 1.165) is 34.3 Å². The van der Waals surface area contributed by atoms with E-state index >= 15 is 0 Å². The molecule has 42 heavy (non-hydrogen) atoms. The van der Waals surface area contributed by atoms with E-state index in [9.17, 15) is 4.21 Å². The molecule has 4 aromatic rings. The van der Waals surface area contributed by atoms with E-state index in [0.29, 0.717) is 27.3 Å². The molecule has 0 saturated heterocycles. The van der Waals surface area contributed by atoms with Crippen LogP contribution in [-0.4, -0.2) is 29.5 Å². The zero-order chi connectivity index (χ0) is 30.7. The van der Waals surface area contributed by atoms with Crippen LogP contribution in [0, 0.1) is 0 Å². The topological polar surface area (TPSA) is 86.7 Å². The fourth-order valence-corrected chi connectivity index (χ4v) is 6.03. The Morgan fingerprint density at radius 1 is 0.929 bits per heavy atom. The third kappa shape index (κ3) is 9.41. The number of rotatable bonds is 6. The minimum atomic E-state index is -1.13. The number of nitrogens with two attached hydrogens (primary N) is 1. The molecule has 0 radical (unpaired) electrons. The lowest BCUT2D eigenvalue weighted by molar-refractivity contribution is 0.681. The summed E-state index contributed by atoms with van der Waals surface area (Å²) in [5.74, 6) is 1.82. The number of hydrogen-bond donors (Lipinski definition) is 1. The van der Waals surface area contributed by atoms with Gasteiger partial charge in [0.1, 0.15) is 9.04 Å². The molecule has 2 N–H and O–H groups in total. The van der Waals surface area contributed by atoms with Gasteiger partial charge in [-0.1, -0.05) is 66.6 Å². The molecule has 0 aliphatic heterocycles. The fourth-order valence-electron chi connectivity index (χ4n) is 3.26. The average molecular weight is 588 g/mol. The predicted molar refractivity (Wildman–Crippen MR) is 173 cm³/mol. The second-order valence-electron chi connectivity index (χ2n) is 7.97. The number of fused-ring (bicyclic) bond motifs is 1. The summed E-state index contributed by atoms with van der Waals surface area (Å²) >= 11 is 1.40. The number of aromatic nitrogens is 4. The first-order chi connectivity index (χ1) is 20.4. The van der Waals surface area contributed by atoms with E-state index in [-0.39, 0.29) is 0 Å². The Kier molecular flexibility index (Phi) is 14.2. The largest absolute Gasteiger partial charge is 0.396 e. The Morgan fingerprint density at radius 3 is 2.02 bits per heavy atom. The smallest absolute Gasteiger partial charge is 0.197 e. The van der Waals surface area contributed by atoms with Gasteiger partial charge >= 0.3 is 0 Å². The number of nitrogen functional groups attached to an aromatic ring is 1. The maximum Gasteiger partial charge on any atom is 0.197 e. The average Bonchev–Trinajstić information content (AvgIpc) is 3.59. The number of unbranched alkanes of at least 4 members (excludes halogenated alkanes) is 1. The van der Waals surface area contributed by atoms with E-state index in [1.54, 1.807) is 6.20 Å². The second kappa shape index (κ2) is 18.1. The first-order valence-electron chi connectivity index (χ1n) is 12.5. The molecule has 0 fully saturated rings. The molecule has 1 aromatic carbocycles. The summed E-state index contributed by atoms with van der Waals surface area (Å²) < 4.78 is 15.4. The lowest BCUT2D eigenvalue weighted by Crippen LogP contribution is -2.01. The van der Waals surface area contributed by atoms with E-state index in [2.05, 4.69) is 95.5 Å². The molecule has 1 unspecified atom stereocenters. The summed E-state index contributed by atoms with van der Waals surface area (Å²) in [6.45, 7) is 15.1. The van der Waals surface area contributed by atoms with Gasteiger partial charge in [-0.05, 0) is 67.1 Å². The second-order valence-corrected chi connectivity index (χ2v) is 10.7. The number of aryl methyl sites for hydroxylation is 1. The van der Waals surface area contributed by atoms with Crippen LogP contribution in [0.25, 0.3) is 33.1 Å². The van der Waals surface area contributed by atoms with Crippen LogP contribution in [0.5, 0.6) is 0 Å². The maximum atomic E-state index is 12.8. The Balaban J connectivity index is 0.000000367. The molecule has 3 heterocycles. The van der Waals surface area contributed by atoms with Crippen molar-refractivity contribution in [2.75, 3.05) is 11.5 Å². The first kappa shape index (κ1) is 32.9. The Morgan fingerprint density at radius 2 is 1.52 bits per heavy atom. The van der Waals surface area contributed by atoms with Crippen molar-refractivity contribution in [1.29, 1.82) is 0 Å². The van der Waals surface area contributed by atoms with Crippen molar-refractivity contribution in [2.24, 2.45) is 7.05 Å². The van der Waals surface area contributed by atoms with Crippen LogP contribution in [0.2, 0.25) is 0 Å². The highest BCUT2D eigenvalue weighted by atomic mass is 32.2. The van der Waals surface area contributed by atoms with Crippen molar-refractivity contribution in [3.63, 3.8) is 0 Å². The molecule has 0 saturated carbocycles. The molecule has 0 aliphatic rings. The monoisotopic (exact) mass is 587 g/mol. The number of hydrogen-bond acceptors (Lipinski definition) is 6. The molecular weight excluding hydrogens is 559 g/mol. The highest BCUT2D eigenvalue weighted by Gasteiger charge is 2.22. The summed E-state index contributed by atoms with van der Waals surface area (Å²) in [6.07, 6.45) is 5.48. The molecule has 0 aliphatic carbocycles. The van der Waals surface area contributed by atoms with Crippen LogP contribution in [-0.2, 0) is 17.8 Å². The molecule has 8 heteroatoms. The molecule has 1 atom stereocenters. The number of nitrogens with zero attached hydrogens (tertiary/aromatic N) is 4. The molecule has 4 rings (SSSR count). The number of thiophene rings is 1. The highest BCUT2D eigenvalue weighted by Crippen LogP contribution is 2.41. The summed E-state index contributed by atoms with van der Waals surface area (Å²) in [6, 6.07) is 9.88. The van der Waals surface area contributed by atoms with Gasteiger partial charge < -0.3 is 10.3 Å². The predicted octanol–water partition coefficient (Wildman–Crippen LogP) is 7.40. The normalized spacial score (nSPS) is 9.48. The summed E-state index contributed by atoms with van der Waals surface area (Å²) in [7, 11) is 0.774. The van der Waals surface area contributed by atoms with Gasteiger partial charge in [-0.25, -0.2) is 15.0 Å². The molecule has 208 valence electrons. The Hall–Kier alpha value is -5.30. The van der Waals surface area contributed by atoms with Gasteiger partial charge in [-0.15, -0.1) is 11.3 Å². The first-order valence-corrected chi connectivity index (χ1v) is 14.7. The van der Waals surface area contributed by atoms with Gasteiger partial charge in [0.15, 0.2) is 11.6 Å². The van der Waals surface area contributed by atoms with Crippen molar-refractivity contribution in [2.45, 2.75) is 24.0 Å². The van der Waals surface area contributed by atoms with Crippen LogP contribution in [0.1, 0.15) is 19.8 Å². The summed E-state index contributed by atoms with van der Waals surface area (Å²) in [5.41, 5.74) is 32.7. The Bertz CT molecular complexity index is 1840. The third-order valence-electron chi connectivity index (χ3n) is 5.12. The molecule has 0 spiro atoms. The van der Waals surface area contributed by atoms with Crippen LogP contribution in [0.4, 0.5) is 5.69 Å². The van der Waals surface area contributed by atoms with Gasteiger partial charge in [0.25, 0.3) is 0 Å². The van der Waals surface area contributed by atoms with Gasteiger partial charge in [0.05, 0.1) is 27.6 Å². The zero-order valence-corrected chi connectivity index (χ0v) is 25.2. The van der Waals surface area contributed by atoms with E-state index in [4.69, 9.17) is 15.7 Å². The van der Waals surface area contributed by atoms with E-state index in [1.165, 1.54) is 11.3 Å². The minimum absolute atomic E-state index is 0.527. The van der Waals surface area contributed by atoms with Crippen molar-refractivity contribution in [1.82, 2.24) is 19.5 Å². The van der Waals surface area contributed by atoms with Crippen molar-refractivity contribution < 1.29 is 4.21 Å². The Labute approximate surface area is 252 Å². The fraction of sp³-hybridized carbons (Fsp3) is 0.147. The van der Waals surface area contributed by atoms with Gasteiger partial charge in [-0.3, -0.25) is 4.21 Å². The molecule has 6 nitrogen and oxygen atoms in total. The van der Waals surface area contributed by atoms with Crippen LogP contribution >= 0.6 is 11.3 Å². The number of imidazole rings is 1. The SMILES string of the molecule is C=C=C=C=C=C=C.C=C=C=C=C=C=C.CCCCS(=O)c1sc2nc(-c3nccn3C)nc(-c3ccccc3)c2c1N. The zero-order valence-electron chi connectivity index (χ0n) is 23.6. The lowest BCUT2D eigenvalue weighted by atomic mass is 10.1. The van der Waals surface area contributed by atoms with Gasteiger partial charge in [0.2, 0.25) is 0 Å². The molecule has 0 amide bonds. The van der Waals surface area contributed by atoms with Crippen LogP contribution < -0.4 is 5.73 Å². The molecule has 3 aromatic heterocycles. The van der Waals surface area contributed by atoms with Crippen molar-refractivity contribution in [3.05, 3.63) is 126 Å². The summed E-state index contributed by atoms with van der Waals surface area (Å²) in [5, 5.41) is 0.772. The maximum absolute atomic E-state index is 12.8.